The Morgan fingerprint density at radius 3 is 2.08 bits per heavy atom. The van der Waals surface area contributed by atoms with Crippen molar-refractivity contribution >= 4 is 0 Å². The predicted molar refractivity (Wildman–Crippen MR) is 49.3 cm³/mol. The minimum Gasteiger partial charge on any atom is -0.345 e. The van der Waals surface area contributed by atoms with Crippen molar-refractivity contribution < 1.29 is 9.71 Å². The van der Waals surface area contributed by atoms with Gasteiger partial charge in [-0.1, -0.05) is 26.0 Å². The minimum absolute atomic E-state index is 0.167. The van der Waals surface area contributed by atoms with Gasteiger partial charge < -0.3 is 5.32 Å². The second-order valence-electron chi connectivity index (χ2n) is 2.24. The van der Waals surface area contributed by atoms with Gasteiger partial charge in [-0.2, -0.15) is 0 Å². The molecule has 2 heteroatoms. The number of quaternary nitrogens is 1. The molecule has 0 atom stereocenters. The molecule has 0 saturated carbocycles. The summed E-state index contributed by atoms with van der Waals surface area (Å²) in [6.45, 7) is 4.92. The first-order valence-electron chi connectivity index (χ1n) is 4.35. The van der Waals surface area contributed by atoms with Crippen LogP contribution in [0, 0.1) is 5.82 Å². The van der Waals surface area contributed by atoms with Crippen molar-refractivity contribution in [1.82, 2.24) is 0 Å². The van der Waals surface area contributed by atoms with Crippen LogP contribution in [0.4, 0.5) is 4.39 Å². The van der Waals surface area contributed by atoms with Crippen molar-refractivity contribution in [1.29, 1.82) is 0 Å². The molecule has 12 heavy (non-hydrogen) atoms. The Hall–Kier alpha value is -0.890. The highest BCUT2D eigenvalue weighted by atomic mass is 19.1. The smallest absolute Gasteiger partial charge is 0.123 e. The first kappa shape index (κ1) is 11.1. The molecule has 0 heterocycles. The third-order valence-electron chi connectivity index (χ3n) is 1.35. The maximum atomic E-state index is 12.3. The van der Waals surface area contributed by atoms with Gasteiger partial charge in [0.05, 0.1) is 7.05 Å². The lowest BCUT2D eigenvalue weighted by Gasteiger charge is -1.94. The number of rotatable bonds is 2. The molecule has 2 N–H and O–H groups in total. The average molecular weight is 170 g/mol. The monoisotopic (exact) mass is 170 g/mol. The lowest BCUT2D eigenvalue weighted by molar-refractivity contribution is -0.643. The molecular weight excluding hydrogens is 153 g/mol. The standard InChI is InChI=1S/C8H10FN.C2H6/c1-10-6-7-2-4-8(9)5-3-7;1-2/h2-5,10H,6H2,1H3;1-2H3/p+1. The summed E-state index contributed by atoms with van der Waals surface area (Å²) in [5.74, 6) is -0.167. The zero-order valence-corrected chi connectivity index (χ0v) is 7.97. The summed E-state index contributed by atoms with van der Waals surface area (Å²) < 4.78 is 12.3. The highest BCUT2D eigenvalue weighted by molar-refractivity contribution is 5.14. The quantitative estimate of drug-likeness (QED) is 0.693. The molecule has 0 aromatic heterocycles. The van der Waals surface area contributed by atoms with E-state index in [1.54, 1.807) is 12.1 Å². The van der Waals surface area contributed by atoms with Gasteiger partial charge in [-0.25, -0.2) is 4.39 Å². The summed E-state index contributed by atoms with van der Waals surface area (Å²) in [5, 5.41) is 2.05. The Bertz CT molecular complexity index is 193. The zero-order valence-electron chi connectivity index (χ0n) is 7.97. The third kappa shape index (κ3) is 4.09. The Labute approximate surface area is 73.6 Å². The van der Waals surface area contributed by atoms with Crippen LogP contribution in [0.3, 0.4) is 0 Å². The van der Waals surface area contributed by atoms with Crippen LogP contribution >= 0.6 is 0 Å². The first-order chi connectivity index (χ1) is 5.83. The number of hydrogen-bond donors (Lipinski definition) is 1. The molecule has 0 aliphatic heterocycles. The normalized spacial score (nSPS) is 8.67. The second kappa shape index (κ2) is 6.80. The van der Waals surface area contributed by atoms with Gasteiger partial charge in [-0.3, -0.25) is 0 Å². The van der Waals surface area contributed by atoms with E-state index >= 15 is 0 Å². The van der Waals surface area contributed by atoms with Crippen molar-refractivity contribution in [2.75, 3.05) is 7.05 Å². The molecule has 0 aliphatic rings. The van der Waals surface area contributed by atoms with E-state index in [0.717, 1.165) is 12.1 Å². The van der Waals surface area contributed by atoms with E-state index in [4.69, 9.17) is 0 Å². The second-order valence-corrected chi connectivity index (χ2v) is 2.24. The number of halogens is 1. The highest BCUT2D eigenvalue weighted by Gasteiger charge is 1.91. The molecule has 0 saturated heterocycles. The molecule has 0 aliphatic carbocycles. The number of hydrogen-bond acceptors (Lipinski definition) is 0. The fourth-order valence-electron chi connectivity index (χ4n) is 0.856. The Balaban J connectivity index is 0.000000561. The topological polar surface area (TPSA) is 16.6 Å². The van der Waals surface area contributed by atoms with Gasteiger partial charge in [0.1, 0.15) is 12.4 Å². The number of nitrogens with two attached hydrogens (primary N) is 1. The van der Waals surface area contributed by atoms with Crippen molar-refractivity contribution in [3.63, 3.8) is 0 Å². The van der Waals surface area contributed by atoms with Gasteiger partial charge in [0, 0.05) is 5.56 Å². The molecular formula is C10H17FN+. The summed E-state index contributed by atoms with van der Waals surface area (Å²) in [7, 11) is 1.99. The van der Waals surface area contributed by atoms with E-state index in [2.05, 4.69) is 0 Å². The van der Waals surface area contributed by atoms with Crippen LogP contribution in [0.5, 0.6) is 0 Å². The van der Waals surface area contributed by atoms with E-state index < -0.39 is 0 Å². The maximum Gasteiger partial charge on any atom is 0.123 e. The van der Waals surface area contributed by atoms with Crippen molar-refractivity contribution in [2.24, 2.45) is 0 Å². The summed E-state index contributed by atoms with van der Waals surface area (Å²) in [6.07, 6.45) is 0. The minimum atomic E-state index is -0.167. The lowest BCUT2D eigenvalue weighted by Crippen LogP contribution is -2.77. The summed E-state index contributed by atoms with van der Waals surface area (Å²) >= 11 is 0. The van der Waals surface area contributed by atoms with Crippen LogP contribution in [-0.2, 0) is 6.54 Å². The van der Waals surface area contributed by atoms with Crippen LogP contribution in [0.15, 0.2) is 24.3 Å². The van der Waals surface area contributed by atoms with Gasteiger partial charge in [0.25, 0.3) is 0 Å². The van der Waals surface area contributed by atoms with Crippen LogP contribution < -0.4 is 5.32 Å². The van der Waals surface area contributed by atoms with Gasteiger partial charge >= 0.3 is 0 Å². The molecule has 68 valence electrons. The van der Waals surface area contributed by atoms with Gasteiger partial charge in [-0.05, 0) is 12.1 Å². The average Bonchev–Trinajstić information content (AvgIpc) is 2.13. The Morgan fingerprint density at radius 1 is 1.17 bits per heavy atom. The van der Waals surface area contributed by atoms with E-state index in [1.807, 2.05) is 26.2 Å². The van der Waals surface area contributed by atoms with Crippen LogP contribution in [0.1, 0.15) is 19.4 Å². The maximum absolute atomic E-state index is 12.3. The molecule has 0 bridgehead atoms. The van der Waals surface area contributed by atoms with Gasteiger partial charge in [-0.15, -0.1) is 0 Å². The van der Waals surface area contributed by atoms with E-state index in [1.165, 1.54) is 12.1 Å². The van der Waals surface area contributed by atoms with Crippen LogP contribution in [0.2, 0.25) is 0 Å². The Morgan fingerprint density at radius 2 is 1.67 bits per heavy atom. The molecule has 0 amide bonds. The van der Waals surface area contributed by atoms with Crippen molar-refractivity contribution in [3.8, 4) is 0 Å². The highest BCUT2D eigenvalue weighted by Crippen LogP contribution is 1.99. The third-order valence-corrected chi connectivity index (χ3v) is 1.35. The van der Waals surface area contributed by atoms with Crippen LogP contribution in [-0.4, -0.2) is 7.05 Å². The van der Waals surface area contributed by atoms with Crippen LogP contribution in [0.25, 0.3) is 0 Å². The fraction of sp³-hybridized carbons (Fsp3) is 0.400. The lowest BCUT2D eigenvalue weighted by atomic mass is 10.2. The summed E-state index contributed by atoms with van der Waals surface area (Å²) in [4.78, 5) is 0. The van der Waals surface area contributed by atoms with Gasteiger partial charge in [0.15, 0.2) is 0 Å². The molecule has 1 aromatic rings. The van der Waals surface area contributed by atoms with Crippen molar-refractivity contribution in [2.45, 2.75) is 20.4 Å². The fourth-order valence-corrected chi connectivity index (χ4v) is 0.856. The zero-order chi connectivity index (χ0) is 9.40. The van der Waals surface area contributed by atoms with E-state index in [9.17, 15) is 4.39 Å². The molecule has 0 unspecified atom stereocenters. The van der Waals surface area contributed by atoms with Crippen molar-refractivity contribution in [3.05, 3.63) is 35.6 Å². The molecule has 1 rings (SSSR count). The van der Waals surface area contributed by atoms with E-state index in [-0.39, 0.29) is 5.82 Å². The largest absolute Gasteiger partial charge is 0.345 e. The number of benzene rings is 1. The van der Waals surface area contributed by atoms with Gasteiger partial charge in [0.2, 0.25) is 0 Å². The summed E-state index contributed by atoms with van der Waals surface area (Å²) in [5.41, 5.74) is 1.16. The van der Waals surface area contributed by atoms with E-state index in [0.29, 0.717) is 0 Å². The molecule has 1 aromatic carbocycles. The molecule has 0 radical (unpaired) electrons. The predicted octanol–water partition coefficient (Wildman–Crippen LogP) is 1.55. The first-order valence-corrected chi connectivity index (χ1v) is 4.35. The molecule has 0 spiro atoms. The Kier molecular flexibility index (Phi) is 6.29. The summed E-state index contributed by atoms with van der Waals surface area (Å²) in [6, 6.07) is 6.57. The SMILES string of the molecule is CC.C[NH2+]Cc1ccc(F)cc1. The molecule has 0 fully saturated rings. The molecule has 1 nitrogen and oxygen atoms in total.